The third-order valence-corrected chi connectivity index (χ3v) is 3.44. The number of hydrogen-bond donors (Lipinski definition) is 2. The zero-order valence-electron chi connectivity index (χ0n) is 12.6. The van der Waals surface area contributed by atoms with Crippen molar-refractivity contribution < 1.29 is 19.4 Å². The van der Waals surface area contributed by atoms with Gasteiger partial charge in [0.05, 0.1) is 5.56 Å². The van der Waals surface area contributed by atoms with Crippen LogP contribution in [0.4, 0.5) is 4.79 Å². The van der Waals surface area contributed by atoms with E-state index in [4.69, 9.17) is 4.74 Å². The molecule has 1 aromatic carbocycles. The molecule has 5 heteroatoms. The normalized spacial score (nSPS) is 17.2. The van der Waals surface area contributed by atoms with Gasteiger partial charge in [-0.1, -0.05) is 12.1 Å². The molecular formula is C16H21NO4. The van der Waals surface area contributed by atoms with E-state index in [-0.39, 0.29) is 5.92 Å². The fourth-order valence-corrected chi connectivity index (χ4v) is 2.63. The Morgan fingerprint density at radius 1 is 1.33 bits per heavy atom. The fraction of sp³-hybridized carbons (Fsp3) is 0.500. The van der Waals surface area contributed by atoms with Gasteiger partial charge in [0.2, 0.25) is 0 Å². The maximum Gasteiger partial charge on any atom is 0.407 e. The van der Waals surface area contributed by atoms with Gasteiger partial charge < -0.3 is 15.2 Å². The summed E-state index contributed by atoms with van der Waals surface area (Å²) < 4.78 is 5.19. The van der Waals surface area contributed by atoms with Crippen LogP contribution >= 0.6 is 0 Å². The van der Waals surface area contributed by atoms with E-state index in [2.05, 4.69) is 5.32 Å². The van der Waals surface area contributed by atoms with E-state index >= 15 is 0 Å². The third kappa shape index (κ3) is 3.97. The predicted molar refractivity (Wildman–Crippen MR) is 78.5 cm³/mol. The highest BCUT2D eigenvalue weighted by Crippen LogP contribution is 2.29. The molecule has 2 N–H and O–H groups in total. The van der Waals surface area contributed by atoms with E-state index < -0.39 is 17.7 Å². The van der Waals surface area contributed by atoms with Gasteiger partial charge in [-0.2, -0.15) is 0 Å². The number of fused-ring (bicyclic) bond motifs is 1. The van der Waals surface area contributed by atoms with Gasteiger partial charge in [0, 0.05) is 6.54 Å². The fourth-order valence-electron chi connectivity index (χ4n) is 2.63. The van der Waals surface area contributed by atoms with Crippen LogP contribution in [0.2, 0.25) is 0 Å². The highest BCUT2D eigenvalue weighted by molar-refractivity contribution is 5.90. The third-order valence-electron chi connectivity index (χ3n) is 3.44. The molecule has 0 radical (unpaired) electrons. The summed E-state index contributed by atoms with van der Waals surface area (Å²) in [6, 6.07) is 5.35. The predicted octanol–water partition coefficient (Wildman–Crippen LogP) is 2.62. The minimum absolute atomic E-state index is 0.216. The summed E-state index contributed by atoms with van der Waals surface area (Å²) in [4.78, 5) is 22.8. The van der Waals surface area contributed by atoms with Crippen LogP contribution in [0.3, 0.4) is 0 Å². The van der Waals surface area contributed by atoms with Crippen molar-refractivity contribution in [3.63, 3.8) is 0 Å². The summed E-state index contributed by atoms with van der Waals surface area (Å²) in [7, 11) is 0. The summed E-state index contributed by atoms with van der Waals surface area (Å²) in [6.45, 7) is 5.94. The molecule has 5 nitrogen and oxygen atoms in total. The number of aromatic carboxylic acids is 1. The molecule has 1 aromatic rings. The number of carbonyl (C=O) groups is 2. The molecule has 1 aliphatic carbocycles. The number of hydrogen-bond acceptors (Lipinski definition) is 3. The smallest absolute Gasteiger partial charge is 0.407 e. The molecule has 0 aliphatic heterocycles. The highest BCUT2D eigenvalue weighted by atomic mass is 16.6. The summed E-state index contributed by atoms with van der Waals surface area (Å²) in [5.41, 5.74) is 1.80. The molecule has 0 saturated heterocycles. The highest BCUT2D eigenvalue weighted by Gasteiger charge is 2.26. The number of rotatable bonds is 3. The summed E-state index contributed by atoms with van der Waals surface area (Å²) in [6.07, 6.45) is 1.02. The van der Waals surface area contributed by atoms with Gasteiger partial charge in [-0.15, -0.1) is 0 Å². The molecule has 1 unspecified atom stereocenters. The van der Waals surface area contributed by atoms with E-state index in [1.807, 2.05) is 26.8 Å². The molecule has 0 fully saturated rings. The number of ether oxygens (including phenoxy) is 1. The van der Waals surface area contributed by atoms with Crippen LogP contribution in [0.15, 0.2) is 18.2 Å². The summed E-state index contributed by atoms with van der Waals surface area (Å²) in [5.74, 6) is -0.680. The van der Waals surface area contributed by atoms with Crippen molar-refractivity contribution in [2.75, 3.05) is 6.54 Å². The van der Waals surface area contributed by atoms with Gasteiger partial charge in [-0.3, -0.25) is 0 Å². The topological polar surface area (TPSA) is 75.6 Å². The minimum Gasteiger partial charge on any atom is -0.478 e. The second-order valence-electron chi connectivity index (χ2n) is 6.41. The van der Waals surface area contributed by atoms with Gasteiger partial charge in [-0.25, -0.2) is 9.59 Å². The zero-order chi connectivity index (χ0) is 15.6. The number of alkyl carbamates (subject to hydrolysis) is 1. The molecule has 1 aliphatic rings. The summed E-state index contributed by atoms with van der Waals surface area (Å²) >= 11 is 0. The molecule has 0 spiro atoms. The SMILES string of the molecule is CC(C)(C)OC(=O)NCC1Cc2cccc(C(=O)O)c2C1. The molecular weight excluding hydrogens is 270 g/mol. The van der Waals surface area contributed by atoms with E-state index in [1.165, 1.54) is 0 Å². The Balaban J connectivity index is 1.94. The number of carboxylic acids is 1. The quantitative estimate of drug-likeness (QED) is 0.897. The Labute approximate surface area is 124 Å². The molecule has 2 rings (SSSR count). The molecule has 114 valence electrons. The van der Waals surface area contributed by atoms with Crippen LogP contribution in [-0.4, -0.2) is 29.3 Å². The van der Waals surface area contributed by atoms with Crippen molar-refractivity contribution in [1.82, 2.24) is 5.32 Å². The van der Waals surface area contributed by atoms with Crippen molar-refractivity contribution >= 4 is 12.1 Å². The summed E-state index contributed by atoms with van der Waals surface area (Å²) in [5, 5.41) is 11.9. The largest absolute Gasteiger partial charge is 0.478 e. The van der Waals surface area contributed by atoms with Gasteiger partial charge in [-0.05, 0) is 56.7 Å². The van der Waals surface area contributed by atoms with Crippen LogP contribution < -0.4 is 5.32 Å². The first-order valence-corrected chi connectivity index (χ1v) is 7.07. The lowest BCUT2D eigenvalue weighted by atomic mass is 10.0. The van der Waals surface area contributed by atoms with Gasteiger partial charge in [0.15, 0.2) is 0 Å². The number of amides is 1. The Bertz CT molecular complexity index is 560. The molecule has 21 heavy (non-hydrogen) atoms. The van der Waals surface area contributed by atoms with E-state index in [1.54, 1.807) is 12.1 Å². The Kier molecular flexibility index (Phi) is 4.21. The monoisotopic (exact) mass is 291 g/mol. The zero-order valence-corrected chi connectivity index (χ0v) is 12.6. The van der Waals surface area contributed by atoms with Crippen molar-refractivity contribution in [1.29, 1.82) is 0 Å². The molecule has 1 amide bonds. The maximum absolute atomic E-state index is 11.6. The Hall–Kier alpha value is -2.04. The number of carboxylic acid groups (broad SMARTS) is 1. The first-order valence-electron chi connectivity index (χ1n) is 7.07. The standard InChI is InChI=1S/C16H21NO4/c1-16(2,3)21-15(20)17-9-10-7-11-5-4-6-12(14(18)19)13(11)8-10/h4-6,10H,7-9H2,1-3H3,(H,17,20)(H,18,19). The van der Waals surface area contributed by atoms with Crippen LogP contribution in [0.5, 0.6) is 0 Å². The van der Waals surface area contributed by atoms with Crippen LogP contribution in [0, 0.1) is 5.92 Å². The van der Waals surface area contributed by atoms with Crippen LogP contribution in [0.1, 0.15) is 42.3 Å². The molecule has 0 aromatic heterocycles. The van der Waals surface area contributed by atoms with Crippen molar-refractivity contribution in [3.05, 3.63) is 34.9 Å². The van der Waals surface area contributed by atoms with Gasteiger partial charge in [0.1, 0.15) is 5.60 Å². The first kappa shape index (κ1) is 15.4. The lowest BCUT2D eigenvalue weighted by Gasteiger charge is -2.20. The number of carbonyl (C=O) groups excluding carboxylic acids is 1. The van der Waals surface area contributed by atoms with E-state index in [9.17, 15) is 14.7 Å². The van der Waals surface area contributed by atoms with Crippen LogP contribution in [0.25, 0.3) is 0 Å². The maximum atomic E-state index is 11.6. The Morgan fingerprint density at radius 3 is 2.67 bits per heavy atom. The lowest BCUT2D eigenvalue weighted by molar-refractivity contribution is 0.0519. The average molecular weight is 291 g/mol. The molecule has 0 saturated carbocycles. The average Bonchev–Trinajstić information content (AvgIpc) is 2.76. The van der Waals surface area contributed by atoms with Crippen molar-refractivity contribution in [2.45, 2.75) is 39.2 Å². The van der Waals surface area contributed by atoms with Gasteiger partial charge in [0.25, 0.3) is 0 Å². The second-order valence-corrected chi connectivity index (χ2v) is 6.41. The second kappa shape index (κ2) is 5.76. The van der Waals surface area contributed by atoms with E-state index in [0.29, 0.717) is 18.5 Å². The minimum atomic E-state index is -0.896. The van der Waals surface area contributed by atoms with Crippen molar-refractivity contribution in [3.8, 4) is 0 Å². The van der Waals surface area contributed by atoms with E-state index in [0.717, 1.165) is 17.5 Å². The van der Waals surface area contributed by atoms with Crippen molar-refractivity contribution in [2.24, 2.45) is 5.92 Å². The molecule has 0 bridgehead atoms. The number of benzene rings is 1. The molecule has 0 heterocycles. The van der Waals surface area contributed by atoms with Crippen LogP contribution in [-0.2, 0) is 17.6 Å². The number of nitrogens with one attached hydrogen (secondary N) is 1. The lowest BCUT2D eigenvalue weighted by Crippen LogP contribution is -2.35. The Morgan fingerprint density at radius 2 is 2.05 bits per heavy atom. The van der Waals surface area contributed by atoms with Gasteiger partial charge >= 0.3 is 12.1 Å². The first-order chi connectivity index (χ1) is 9.76. The molecule has 1 atom stereocenters.